The lowest BCUT2D eigenvalue weighted by Gasteiger charge is -2.24. The number of halogens is 2. The molecule has 2 unspecified atom stereocenters. The summed E-state index contributed by atoms with van der Waals surface area (Å²) in [6.45, 7) is 1.47. The van der Waals surface area contributed by atoms with E-state index in [1.54, 1.807) is 36.4 Å². The van der Waals surface area contributed by atoms with Crippen LogP contribution in [0.5, 0.6) is 0 Å². The molecule has 0 aliphatic carbocycles. The third-order valence-electron chi connectivity index (χ3n) is 3.61. The molecule has 0 saturated heterocycles. The number of carbonyl (C=O) groups is 1. The summed E-state index contributed by atoms with van der Waals surface area (Å²) in [5.41, 5.74) is -1.03. The van der Waals surface area contributed by atoms with Crippen LogP contribution in [-0.2, 0) is 10.4 Å². The third kappa shape index (κ3) is 4.15. The normalized spacial score (nSPS) is 14.3. The highest BCUT2D eigenvalue weighted by Gasteiger charge is 2.28. The van der Waals surface area contributed by atoms with Crippen LogP contribution < -0.4 is 5.32 Å². The second-order valence-electron chi connectivity index (χ2n) is 5.61. The van der Waals surface area contributed by atoms with Crippen molar-refractivity contribution in [2.24, 2.45) is 0 Å². The van der Waals surface area contributed by atoms with Crippen LogP contribution in [0.15, 0.2) is 48.5 Å². The van der Waals surface area contributed by atoms with Gasteiger partial charge in [0.2, 0.25) is 5.91 Å². The molecule has 0 aliphatic heterocycles. The molecule has 2 N–H and O–H groups in total. The topological polar surface area (TPSA) is 73.1 Å². The molecule has 4 nitrogen and oxygen atoms in total. The molecule has 0 saturated carbocycles. The Morgan fingerprint density at radius 2 is 1.96 bits per heavy atom. The Morgan fingerprint density at radius 3 is 2.54 bits per heavy atom. The molecule has 2 aromatic rings. The van der Waals surface area contributed by atoms with Gasteiger partial charge in [-0.3, -0.25) is 4.79 Å². The van der Waals surface area contributed by atoms with Gasteiger partial charge in [-0.2, -0.15) is 5.26 Å². The van der Waals surface area contributed by atoms with Crippen LogP contribution in [0.4, 0.5) is 8.78 Å². The molecule has 0 heterocycles. The second kappa shape index (κ2) is 7.20. The first-order valence-corrected chi connectivity index (χ1v) is 7.25. The molecule has 1 amide bonds. The van der Waals surface area contributed by atoms with Crippen molar-refractivity contribution in [3.8, 4) is 6.07 Å². The van der Waals surface area contributed by atoms with Gasteiger partial charge in [-0.1, -0.05) is 36.4 Å². The zero-order valence-electron chi connectivity index (χ0n) is 13.0. The highest BCUT2D eigenvalue weighted by molar-refractivity contribution is 5.78. The monoisotopic (exact) mass is 330 g/mol. The van der Waals surface area contributed by atoms with Gasteiger partial charge < -0.3 is 10.4 Å². The van der Waals surface area contributed by atoms with Gasteiger partial charge in [0.25, 0.3) is 0 Å². The van der Waals surface area contributed by atoms with Crippen LogP contribution in [0.2, 0.25) is 0 Å². The average molecular weight is 330 g/mol. The summed E-state index contributed by atoms with van der Waals surface area (Å²) in [7, 11) is 0. The van der Waals surface area contributed by atoms with Crippen molar-refractivity contribution < 1.29 is 18.7 Å². The molecule has 0 spiro atoms. The first kappa shape index (κ1) is 17.6. The van der Waals surface area contributed by atoms with E-state index in [9.17, 15) is 18.7 Å². The average Bonchev–Trinajstić information content (AvgIpc) is 2.53. The first-order valence-electron chi connectivity index (χ1n) is 7.25. The SMILES string of the molecule is CC(O)(CC(=O)NC(C#N)c1ccc(F)cc1F)c1ccccc1. The van der Waals surface area contributed by atoms with Crippen LogP contribution in [-0.4, -0.2) is 11.0 Å². The minimum absolute atomic E-state index is 0.133. The van der Waals surface area contributed by atoms with Crippen LogP contribution in [0.25, 0.3) is 0 Å². The molecule has 2 atom stereocenters. The predicted octanol–water partition coefficient (Wildman–Crippen LogP) is 2.94. The maximum Gasteiger partial charge on any atom is 0.224 e. The highest BCUT2D eigenvalue weighted by atomic mass is 19.1. The van der Waals surface area contributed by atoms with Crippen molar-refractivity contribution >= 4 is 5.91 Å². The van der Waals surface area contributed by atoms with Gasteiger partial charge in [0.15, 0.2) is 0 Å². The summed E-state index contributed by atoms with van der Waals surface area (Å²) in [4.78, 5) is 12.1. The van der Waals surface area contributed by atoms with Crippen molar-refractivity contribution in [1.82, 2.24) is 5.32 Å². The molecule has 124 valence electrons. The lowest BCUT2D eigenvalue weighted by atomic mass is 9.92. The summed E-state index contributed by atoms with van der Waals surface area (Å²) in [5, 5.41) is 21.9. The van der Waals surface area contributed by atoms with E-state index in [1.807, 2.05) is 0 Å². The Morgan fingerprint density at radius 1 is 1.29 bits per heavy atom. The molecule has 0 aromatic heterocycles. The quantitative estimate of drug-likeness (QED) is 0.885. The molecular weight excluding hydrogens is 314 g/mol. The molecule has 24 heavy (non-hydrogen) atoms. The molecule has 0 fully saturated rings. The molecule has 0 aliphatic rings. The molecule has 2 aromatic carbocycles. The lowest BCUT2D eigenvalue weighted by Crippen LogP contribution is -2.34. The Hall–Kier alpha value is -2.78. The highest BCUT2D eigenvalue weighted by Crippen LogP contribution is 2.25. The van der Waals surface area contributed by atoms with Gasteiger partial charge in [-0.15, -0.1) is 0 Å². The van der Waals surface area contributed by atoms with E-state index in [0.717, 1.165) is 12.1 Å². The van der Waals surface area contributed by atoms with Crippen molar-refractivity contribution in [2.75, 3.05) is 0 Å². The van der Waals surface area contributed by atoms with Crippen LogP contribution in [0.1, 0.15) is 30.5 Å². The Labute approximate surface area is 138 Å². The molecule has 2 rings (SSSR count). The maximum absolute atomic E-state index is 13.7. The van der Waals surface area contributed by atoms with E-state index in [-0.39, 0.29) is 12.0 Å². The minimum Gasteiger partial charge on any atom is -0.385 e. The lowest BCUT2D eigenvalue weighted by molar-refractivity contribution is -0.126. The zero-order valence-corrected chi connectivity index (χ0v) is 13.0. The van der Waals surface area contributed by atoms with Crippen LogP contribution in [0.3, 0.4) is 0 Å². The Balaban J connectivity index is 2.11. The summed E-state index contributed by atoms with van der Waals surface area (Å²) >= 11 is 0. The fourth-order valence-corrected chi connectivity index (χ4v) is 2.34. The standard InChI is InChI=1S/C18H16F2N2O2/c1-18(24,12-5-3-2-4-6-12)10-17(23)22-16(11-21)14-8-7-13(19)9-15(14)20/h2-9,16,24H,10H2,1H3,(H,22,23). The van der Waals surface area contributed by atoms with Crippen molar-refractivity contribution in [1.29, 1.82) is 5.26 Å². The smallest absolute Gasteiger partial charge is 0.224 e. The molecule has 0 radical (unpaired) electrons. The van der Waals surface area contributed by atoms with Crippen molar-refractivity contribution in [3.05, 3.63) is 71.3 Å². The van der Waals surface area contributed by atoms with E-state index >= 15 is 0 Å². The predicted molar refractivity (Wildman–Crippen MR) is 83.5 cm³/mol. The first-order chi connectivity index (χ1) is 11.3. The summed E-state index contributed by atoms with van der Waals surface area (Å²) < 4.78 is 26.7. The number of amides is 1. The van der Waals surface area contributed by atoms with Crippen LogP contribution >= 0.6 is 0 Å². The van der Waals surface area contributed by atoms with E-state index in [0.29, 0.717) is 11.6 Å². The van der Waals surface area contributed by atoms with Gasteiger partial charge >= 0.3 is 0 Å². The number of rotatable bonds is 5. The Bertz CT molecular complexity index is 770. The summed E-state index contributed by atoms with van der Waals surface area (Å²) in [5.74, 6) is -2.32. The number of nitrogens with zero attached hydrogens (tertiary/aromatic N) is 1. The van der Waals surface area contributed by atoms with Gasteiger partial charge in [0.05, 0.1) is 18.1 Å². The van der Waals surface area contributed by atoms with E-state index < -0.39 is 29.2 Å². The number of aliphatic hydroxyl groups is 1. The number of carbonyl (C=O) groups excluding carboxylic acids is 1. The second-order valence-corrected chi connectivity index (χ2v) is 5.61. The maximum atomic E-state index is 13.7. The Kier molecular flexibility index (Phi) is 5.27. The van der Waals surface area contributed by atoms with Gasteiger partial charge in [0, 0.05) is 11.6 Å². The summed E-state index contributed by atoms with van der Waals surface area (Å²) in [6.07, 6.45) is -0.308. The summed E-state index contributed by atoms with van der Waals surface area (Å²) in [6, 6.07) is 11.8. The molecular formula is C18H16F2N2O2. The number of benzene rings is 2. The number of nitriles is 1. The van der Waals surface area contributed by atoms with Gasteiger partial charge in [-0.25, -0.2) is 8.78 Å². The molecule has 6 heteroatoms. The van der Waals surface area contributed by atoms with Crippen LogP contribution in [0, 0.1) is 23.0 Å². The zero-order chi connectivity index (χ0) is 17.7. The third-order valence-corrected chi connectivity index (χ3v) is 3.61. The number of hydrogen-bond donors (Lipinski definition) is 2. The molecule has 0 bridgehead atoms. The fraction of sp³-hybridized carbons (Fsp3) is 0.222. The largest absolute Gasteiger partial charge is 0.385 e. The number of nitrogens with one attached hydrogen (secondary N) is 1. The minimum atomic E-state index is -1.44. The van der Waals surface area contributed by atoms with E-state index in [1.165, 1.54) is 6.92 Å². The van der Waals surface area contributed by atoms with E-state index in [2.05, 4.69) is 5.32 Å². The fourth-order valence-electron chi connectivity index (χ4n) is 2.34. The van der Waals surface area contributed by atoms with Gasteiger partial charge in [0.1, 0.15) is 17.7 Å². The number of hydrogen-bond acceptors (Lipinski definition) is 3. The van der Waals surface area contributed by atoms with E-state index in [4.69, 9.17) is 5.26 Å². The van der Waals surface area contributed by atoms with Gasteiger partial charge in [-0.05, 0) is 18.6 Å². The van der Waals surface area contributed by atoms with Crippen molar-refractivity contribution in [2.45, 2.75) is 25.0 Å². The van der Waals surface area contributed by atoms with Crippen molar-refractivity contribution in [3.63, 3.8) is 0 Å².